The topological polar surface area (TPSA) is 71.1 Å². The van der Waals surface area contributed by atoms with E-state index in [2.05, 4.69) is 15.2 Å². The highest BCUT2D eigenvalue weighted by Gasteiger charge is 2.34. The van der Waals surface area contributed by atoms with Gasteiger partial charge in [0.05, 0.1) is 6.61 Å². The van der Waals surface area contributed by atoms with Gasteiger partial charge in [0.1, 0.15) is 5.82 Å². The van der Waals surface area contributed by atoms with E-state index in [0.29, 0.717) is 19.2 Å². The normalized spacial score (nSPS) is 14.9. The number of amides is 1. The van der Waals surface area contributed by atoms with E-state index in [4.69, 9.17) is 4.74 Å². The third-order valence-corrected chi connectivity index (χ3v) is 2.84. The molecule has 6 heteroatoms. The molecule has 94 valence electrons. The number of nitrogens with one attached hydrogen (secondary N) is 1. The molecule has 6 nitrogen and oxygen atoms in total. The minimum absolute atomic E-state index is 0.0968. The smallest absolute Gasteiger partial charge is 0.293 e. The molecule has 0 aromatic carbocycles. The van der Waals surface area contributed by atoms with Gasteiger partial charge in [-0.2, -0.15) is 0 Å². The van der Waals surface area contributed by atoms with Crippen molar-refractivity contribution in [3.8, 4) is 0 Å². The Kier molecular flexibility index (Phi) is 3.73. The maximum absolute atomic E-state index is 12.2. The van der Waals surface area contributed by atoms with E-state index in [-0.39, 0.29) is 11.7 Å². The van der Waals surface area contributed by atoms with Crippen molar-refractivity contribution in [2.24, 2.45) is 0 Å². The number of carbonyl (C=O) groups is 1. The fourth-order valence-corrected chi connectivity index (χ4v) is 1.70. The fraction of sp³-hybridized carbons (Fsp3) is 0.727. The third kappa shape index (κ3) is 2.82. The van der Waals surface area contributed by atoms with Crippen molar-refractivity contribution in [2.75, 3.05) is 20.3 Å². The Morgan fingerprint density at radius 2 is 2.35 bits per heavy atom. The molecule has 1 heterocycles. The molecule has 1 aliphatic rings. The summed E-state index contributed by atoms with van der Waals surface area (Å²) in [7, 11) is 1.64. The summed E-state index contributed by atoms with van der Waals surface area (Å²) in [5.41, 5.74) is 0. The van der Waals surface area contributed by atoms with Gasteiger partial charge in [-0.05, 0) is 12.8 Å². The van der Waals surface area contributed by atoms with Crippen molar-refractivity contribution in [1.82, 2.24) is 20.1 Å². The zero-order valence-electron chi connectivity index (χ0n) is 10.3. The molecule has 1 aliphatic carbocycles. The van der Waals surface area contributed by atoms with E-state index in [0.717, 1.165) is 25.1 Å². The predicted molar refractivity (Wildman–Crippen MR) is 61.7 cm³/mol. The molecule has 1 aromatic heterocycles. The number of carbonyl (C=O) groups excluding carboxylic acids is 1. The van der Waals surface area contributed by atoms with Crippen molar-refractivity contribution in [3.63, 3.8) is 0 Å². The lowest BCUT2D eigenvalue weighted by atomic mass is 10.4. The standard InChI is InChI=1S/C11H18N4O2/c1-3-9-12-10(14-13-9)11(16)15(6-7-17-2)8-4-5-8/h8H,3-7H2,1-2H3,(H,12,13,14). The van der Waals surface area contributed by atoms with Gasteiger partial charge in [-0.25, -0.2) is 4.98 Å². The van der Waals surface area contributed by atoms with E-state index in [1.54, 1.807) is 7.11 Å². The Labute approximate surface area is 100 Å². The zero-order chi connectivity index (χ0) is 12.3. The highest BCUT2D eigenvalue weighted by molar-refractivity contribution is 5.90. The van der Waals surface area contributed by atoms with Crippen LogP contribution < -0.4 is 0 Å². The van der Waals surface area contributed by atoms with Crippen LogP contribution in [0.2, 0.25) is 0 Å². The van der Waals surface area contributed by atoms with E-state index in [1.165, 1.54) is 0 Å². The number of methoxy groups -OCH3 is 1. The van der Waals surface area contributed by atoms with Crippen LogP contribution in [0.15, 0.2) is 0 Å². The van der Waals surface area contributed by atoms with Crippen LogP contribution in [0, 0.1) is 0 Å². The SMILES string of the molecule is CCc1nc(C(=O)N(CCOC)C2CC2)n[nH]1. The number of aromatic nitrogens is 3. The maximum Gasteiger partial charge on any atom is 0.293 e. The second-order valence-electron chi connectivity index (χ2n) is 4.18. The molecular weight excluding hydrogens is 220 g/mol. The van der Waals surface area contributed by atoms with Gasteiger partial charge in [0, 0.05) is 26.1 Å². The Hall–Kier alpha value is -1.43. The summed E-state index contributed by atoms with van der Waals surface area (Å²) < 4.78 is 5.02. The van der Waals surface area contributed by atoms with Gasteiger partial charge < -0.3 is 9.64 Å². The monoisotopic (exact) mass is 238 g/mol. The minimum Gasteiger partial charge on any atom is -0.383 e. The van der Waals surface area contributed by atoms with E-state index < -0.39 is 0 Å². The van der Waals surface area contributed by atoms with Crippen molar-refractivity contribution >= 4 is 5.91 Å². The quantitative estimate of drug-likeness (QED) is 0.788. The lowest BCUT2D eigenvalue weighted by Crippen LogP contribution is -2.36. The summed E-state index contributed by atoms with van der Waals surface area (Å²) in [5, 5.41) is 6.72. The molecular formula is C11H18N4O2. The number of H-pyrrole nitrogens is 1. The minimum atomic E-state index is -0.0968. The summed E-state index contributed by atoms with van der Waals surface area (Å²) in [5.74, 6) is 0.918. The van der Waals surface area contributed by atoms with Crippen molar-refractivity contribution < 1.29 is 9.53 Å². The number of hydrogen-bond donors (Lipinski definition) is 1. The first-order valence-corrected chi connectivity index (χ1v) is 5.97. The number of ether oxygens (including phenoxy) is 1. The summed E-state index contributed by atoms with van der Waals surface area (Å²) in [6.45, 7) is 3.13. The van der Waals surface area contributed by atoms with E-state index in [1.807, 2.05) is 11.8 Å². The highest BCUT2D eigenvalue weighted by Crippen LogP contribution is 2.27. The summed E-state index contributed by atoms with van der Waals surface area (Å²) in [6.07, 6.45) is 2.89. The first kappa shape index (κ1) is 12.0. The molecule has 0 bridgehead atoms. The third-order valence-electron chi connectivity index (χ3n) is 2.84. The number of hydrogen-bond acceptors (Lipinski definition) is 4. The maximum atomic E-state index is 12.2. The molecule has 1 N–H and O–H groups in total. The summed E-state index contributed by atoms with van der Waals surface area (Å²) >= 11 is 0. The molecule has 1 aromatic rings. The molecule has 0 unspecified atom stereocenters. The van der Waals surface area contributed by atoms with Crippen LogP contribution in [0.3, 0.4) is 0 Å². The largest absolute Gasteiger partial charge is 0.383 e. The van der Waals surface area contributed by atoms with Crippen molar-refractivity contribution in [2.45, 2.75) is 32.2 Å². The first-order valence-electron chi connectivity index (χ1n) is 5.97. The number of nitrogens with zero attached hydrogens (tertiary/aromatic N) is 3. The van der Waals surface area contributed by atoms with Gasteiger partial charge in [-0.15, -0.1) is 5.10 Å². The zero-order valence-corrected chi connectivity index (χ0v) is 10.3. The molecule has 0 atom stereocenters. The Balaban J connectivity index is 2.04. The van der Waals surface area contributed by atoms with Crippen LogP contribution in [0.4, 0.5) is 0 Å². The summed E-state index contributed by atoms with van der Waals surface area (Å²) in [4.78, 5) is 18.2. The first-order chi connectivity index (χ1) is 8.26. The van der Waals surface area contributed by atoms with Crippen LogP contribution >= 0.6 is 0 Å². The molecule has 1 amide bonds. The van der Waals surface area contributed by atoms with E-state index >= 15 is 0 Å². The van der Waals surface area contributed by atoms with Crippen LogP contribution in [0.5, 0.6) is 0 Å². The molecule has 0 aliphatic heterocycles. The molecule has 0 radical (unpaired) electrons. The number of rotatable bonds is 6. The van der Waals surface area contributed by atoms with Crippen LogP contribution in [0.25, 0.3) is 0 Å². The van der Waals surface area contributed by atoms with Gasteiger partial charge >= 0.3 is 0 Å². The molecule has 1 saturated carbocycles. The Bertz CT molecular complexity index is 387. The Morgan fingerprint density at radius 1 is 1.59 bits per heavy atom. The van der Waals surface area contributed by atoms with Gasteiger partial charge in [0.25, 0.3) is 5.91 Å². The van der Waals surface area contributed by atoms with E-state index in [9.17, 15) is 4.79 Å². The van der Waals surface area contributed by atoms with Crippen LogP contribution in [-0.2, 0) is 11.2 Å². The lowest BCUT2D eigenvalue weighted by molar-refractivity contribution is 0.0668. The fourth-order valence-electron chi connectivity index (χ4n) is 1.70. The van der Waals surface area contributed by atoms with Crippen molar-refractivity contribution in [3.05, 3.63) is 11.6 Å². The molecule has 0 spiro atoms. The average molecular weight is 238 g/mol. The Morgan fingerprint density at radius 3 is 2.88 bits per heavy atom. The lowest BCUT2D eigenvalue weighted by Gasteiger charge is -2.20. The van der Waals surface area contributed by atoms with Crippen LogP contribution in [-0.4, -0.2) is 52.3 Å². The molecule has 17 heavy (non-hydrogen) atoms. The highest BCUT2D eigenvalue weighted by atomic mass is 16.5. The van der Waals surface area contributed by atoms with Crippen molar-refractivity contribution in [1.29, 1.82) is 0 Å². The second-order valence-corrected chi connectivity index (χ2v) is 4.18. The van der Waals surface area contributed by atoms with Gasteiger partial charge in [-0.3, -0.25) is 9.89 Å². The number of aryl methyl sites for hydroxylation is 1. The molecule has 2 rings (SSSR count). The predicted octanol–water partition coefficient (Wildman–Crippen LogP) is 0.618. The molecule has 0 saturated heterocycles. The van der Waals surface area contributed by atoms with Crippen LogP contribution in [0.1, 0.15) is 36.2 Å². The second kappa shape index (κ2) is 5.27. The van der Waals surface area contributed by atoms with Gasteiger partial charge in [0.15, 0.2) is 0 Å². The molecule has 1 fully saturated rings. The summed E-state index contributed by atoms with van der Waals surface area (Å²) in [6, 6.07) is 0.348. The van der Waals surface area contributed by atoms with Gasteiger partial charge in [0.2, 0.25) is 5.82 Å². The number of aromatic amines is 1. The van der Waals surface area contributed by atoms with Gasteiger partial charge in [-0.1, -0.05) is 6.92 Å². The average Bonchev–Trinajstić information content (AvgIpc) is 3.06.